The zero-order chi connectivity index (χ0) is 17.4. The molecule has 2 atom stereocenters. The molecular formula is C19H18N2O4. The fourth-order valence-corrected chi connectivity index (χ4v) is 3.49. The molecule has 2 aliphatic heterocycles. The summed E-state index contributed by atoms with van der Waals surface area (Å²) in [7, 11) is 0. The number of imide groups is 1. The molecule has 4 rings (SSSR count). The van der Waals surface area contributed by atoms with Gasteiger partial charge in [0.25, 0.3) is 5.91 Å². The van der Waals surface area contributed by atoms with Gasteiger partial charge >= 0.3 is 6.03 Å². The predicted octanol–water partition coefficient (Wildman–Crippen LogP) is 1.95. The monoisotopic (exact) mass is 338 g/mol. The molecule has 2 aromatic rings. The Bertz CT molecular complexity index is 823. The quantitative estimate of drug-likeness (QED) is 0.839. The second-order valence-corrected chi connectivity index (χ2v) is 6.27. The molecule has 1 fully saturated rings. The van der Waals surface area contributed by atoms with Gasteiger partial charge in [-0.15, -0.1) is 0 Å². The molecule has 6 heteroatoms. The fourth-order valence-electron chi connectivity index (χ4n) is 3.49. The van der Waals surface area contributed by atoms with Crippen LogP contribution in [0.4, 0.5) is 4.79 Å². The molecule has 1 spiro atoms. The van der Waals surface area contributed by atoms with E-state index < -0.39 is 17.7 Å². The zero-order valence-electron chi connectivity index (χ0n) is 13.5. The normalized spacial score (nSPS) is 23.2. The van der Waals surface area contributed by atoms with Crippen molar-refractivity contribution in [2.75, 3.05) is 13.2 Å². The zero-order valence-corrected chi connectivity index (χ0v) is 13.5. The van der Waals surface area contributed by atoms with Crippen molar-refractivity contribution >= 4 is 11.9 Å². The van der Waals surface area contributed by atoms with Crippen LogP contribution in [0.5, 0.6) is 5.75 Å². The van der Waals surface area contributed by atoms with Crippen molar-refractivity contribution in [3.63, 3.8) is 0 Å². The van der Waals surface area contributed by atoms with Gasteiger partial charge in [-0.1, -0.05) is 48.5 Å². The number of benzene rings is 2. The molecule has 25 heavy (non-hydrogen) atoms. The molecular weight excluding hydrogens is 320 g/mol. The van der Waals surface area contributed by atoms with E-state index in [0.29, 0.717) is 29.9 Å². The smallest absolute Gasteiger partial charge is 0.325 e. The molecule has 0 bridgehead atoms. The summed E-state index contributed by atoms with van der Waals surface area (Å²) < 4.78 is 5.61. The third-order valence-corrected chi connectivity index (χ3v) is 4.80. The Morgan fingerprint density at radius 1 is 1.12 bits per heavy atom. The summed E-state index contributed by atoms with van der Waals surface area (Å²) in [5, 5.41) is 13.2. The molecule has 2 aliphatic rings. The second-order valence-electron chi connectivity index (χ2n) is 6.27. The number of amides is 3. The van der Waals surface area contributed by atoms with E-state index in [0.717, 1.165) is 4.90 Å². The number of nitrogens with one attached hydrogen (secondary N) is 1. The average Bonchev–Trinajstić information content (AvgIpc) is 2.88. The second kappa shape index (κ2) is 5.89. The highest BCUT2D eigenvalue weighted by Gasteiger charge is 2.55. The van der Waals surface area contributed by atoms with Crippen LogP contribution in [0.25, 0.3) is 0 Å². The SMILES string of the molecule is O=C1NC2(CCOc3ccccc32)C(=O)N1CC(O)c1ccccc1. The summed E-state index contributed by atoms with van der Waals surface area (Å²) in [6, 6.07) is 15.7. The number of carbonyl (C=O) groups is 2. The van der Waals surface area contributed by atoms with E-state index in [1.54, 1.807) is 36.4 Å². The number of carbonyl (C=O) groups excluding carboxylic acids is 2. The Kier molecular flexibility index (Phi) is 3.69. The van der Waals surface area contributed by atoms with Crippen LogP contribution >= 0.6 is 0 Å². The number of ether oxygens (including phenoxy) is 1. The van der Waals surface area contributed by atoms with Gasteiger partial charge < -0.3 is 15.2 Å². The van der Waals surface area contributed by atoms with E-state index in [-0.39, 0.29) is 12.5 Å². The molecule has 2 N–H and O–H groups in total. The van der Waals surface area contributed by atoms with Crippen LogP contribution in [0.15, 0.2) is 54.6 Å². The first kappa shape index (κ1) is 15.7. The van der Waals surface area contributed by atoms with Crippen LogP contribution in [0, 0.1) is 0 Å². The topological polar surface area (TPSA) is 78.9 Å². The third kappa shape index (κ3) is 2.46. The number of fused-ring (bicyclic) bond motifs is 2. The molecule has 1 saturated heterocycles. The van der Waals surface area contributed by atoms with Gasteiger partial charge in [-0.05, 0) is 11.6 Å². The van der Waals surface area contributed by atoms with E-state index in [1.807, 2.05) is 18.2 Å². The highest BCUT2D eigenvalue weighted by molar-refractivity contribution is 6.08. The Morgan fingerprint density at radius 3 is 2.64 bits per heavy atom. The predicted molar refractivity (Wildman–Crippen MR) is 89.9 cm³/mol. The van der Waals surface area contributed by atoms with Crippen molar-refractivity contribution < 1.29 is 19.4 Å². The minimum absolute atomic E-state index is 0.0839. The number of hydrogen-bond donors (Lipinski definition) is 2. The average molecular weight is 338 g/mol. The van der Waals surface area contributed by atoms with E-state index in [9.17, 15) is 14.7 Å². The van der Waals surface area contributed by atoms with Gasteiger partial charge in [-0.2, -0.15) is 0 Å². The Hall–Kier alpha value is -2.86. The largest absolute Gasteiger partial charge is 0.493 e. The van der Waals surface area contributed by atoms with Crippen LogP contribution in [-0.4, -0.2) is 35.1 Å². The molecule has 0 aromatic heterocycles. The minimum atomic E-state index is -1.11. The van der Waals surface area contributed by atoms with Gasteiger partial charge in [0, 0.05) is 12.0 Å². The summed E-state index contributed by atoms with van der Waals surface area (Å²) in [5.74, 6) is 0.260. The first-order chi connectivity index (χ1) is 12.1. The summed E-state index contributed by atoms with van der Waals surface area (Å²) in [4.78, 5) is 26.7. The van der Waals surface area contributed by atoms with Gasteiger partial charge in [-0.3, -0.25) is 9.69 Å². The summed E-state index contributed by atoms with van der Waals surface area (Å²) >= 11 is 0. The molecule has 2 heterocycles. The van der Waals surface area contributed by atoms with Crippen molar-refractivity contribution in [3.05, 3.63) is 65.7 Å². The van der Waals surface area contributed by atoms with E-state index in [4.69, 9.17) is 4.74 Å². The van der Waals surface area contributed by atoms with Gasteiger partial charge in [0.05, 0.1) is 19.3 Å². The summed E-state index contributed by atoms with van der Waals surface area (Å²) in [5.41, 5.74) is 0.218. The van der Waals surface area contributed by atoms with Crippen molar-refractivity contribution in [1.82, 2.24) is 10.2 Å². The molecule has 0 saturated carbocycles. The number of aliphatic hydroxyl groups excluding tert-OH is 1. The Balaban J connectivity index is 1.63. The molecule has 0 radical (unpaired) electrons. The van der Waals surface area contributed by atoms with Gasteiger partial charge in [0.15, 0.2) is 5.54 Å². The van der Waals surface area contributed by atoms with E-state index in [1.165, 1.54) is 0 Å². The number of para-hydroxylation sites is 1. The first-order valence-corrected chi connectivity index (χ1v) is 8.21. The Morgan fingerprint density at radius 2 is 1.84 bits per heavy atom. The van der Waals surface area contributed by atoms with Gasteiger partial charge in [0.2, 0.25) is 0 Å². The summed E-state index contributed by atoms with van der Waals surface area (Å²) in [6.45, 7) is 0.261. The summed E-state index contributed by atoms with van der Waals surface area (Å²) in [6.07, 6.45) is -0.562. The van der Waals surface area contributed by atoms with Crippen molar-refractivity contribution in [3.8, 4) is 5.75 Å². The highest BCUT2D eigenvalue weighted by Crippen LogP contribution is 2.41. The van der Waals surface area contributed by atoms with Crippen molar-refractivity contribution in [1.29, 1.82) is 0 Å². The fraction of sp³-hybridized carbons (Fsp3) is 0.263. The van der Waals surface area contributed by atoms with Crippen molar-refractivity contribution in [2.24, 2.45) is 0 Å². The molecule has 2 aromatic carbocycles. The van der Waals surface area contributed by atoms with Gasteiger partial charge in [0.1, 0.15) is 5.75 Å². The van der Waals surface area contributed by atoms with Gasteiger partial charge in [-0.25, -0.2) is 4.79 Å². The minimum Gasteiger partial charge on any atom is -0.493 e. The highest BCUT2D eigenvalue weighted by atomic mass is 16.5. The van der Waals surface area contributed by atoms with E-state index >= 15 is 0 Å². The van der Waals surface area contributed by atoms with Crippen LogP contribution in [-0.2, 0) is 10.3 Å². The van der Waals surface area contributed by atoms with Crippen LogP contribution in [0.3, 0.4) is 0 Å². The molecule has 0 aliphatic carbocycles. The lowest BCUT2D eigenvalue weighted by atomic mass is 9.84. The van der Waals surface area contributed by atoms with E-state index in [2.05, 4.69) is 5.32 Å². The number of nitrogens with zero attached hydrogens (tertiary/aromatic N) is 1. The van der Waals surface area contributed by atoms with Crippen LogP contribution in [0.2, 0.25) is 0 Å². The maximum atomic E-state index is 13.1. The maximum absolute atomic E-state index is 13.1. The lowest BCUT2D eigenvalue weighted by Gasteiger charge is -2.33. The lowest BCUT2D eigenvalue weighted by Crippen LogP contribution is -2.47. The molecule has 3 amide bonds. The lowest BCUT2D eigenvalue weighted by molar-refractivity contribution is -0.133. The number of aliphatic hydroxyl groups is 1. The first-order valence-electron chi connectivity index (χ1n) is 8.21. The van der Waals surface area contributed by atoms with Crippen LogP contribution < -0.4 is 10.1 Å². The molecule has 2 unspecified atom stereocenters. The molecule has 128 valence electrons. The van der Waals surface area contributed by atoms with Crippen molar-refractivity contribution in [2.45, 2.75) is 18.1 Å². The number of hydrogen-bond acceptors (Lipinski definition) is 4. The third-order valence-electron chi connectivity index (χ3n) is 4.80. The van der Waals surface area contributed by atoms with Crippen LogP contribution in [0.1, 0.15) is 23.7 Å². The number of β-amino-alcohol motifs (C(OH)–C–C–N with tert-alkyl or cyclic N) is 1. The number of rotatable bonds is 3. The number of urea groups is 1. The maximum Gasteiger partial charge on any atom is 0.325 e. The Labute approximate surface area is 145 Å². The molecule has 6 nitrogen and oxygen atoms in total. The standard InChI is InChI=1S/C19H18N2O4/c22-15(13-6-2-1-3-7-13)12-21-17(23)19(20-18(21)24)10-11-25-16-9-5-4-8-14(16)19/h1-9,15,22H,10-12H2,(H,20,24).